The summed E-state index contributed by atoms with van der Waals surface area (Å²) in [5.74, 6) is 0.157. The van der Waals surface area contributed by atoms with Crippen LogP contribution in [0.15, 0.2) is 24.5 Å². The normalized spacial score (nSPS) is 17.2. The van der Waals surface area contributed by atoms with E-state index in [0.717, 1.165) is 12.8 Å². The quantitative estimate of drug-likeness (QED) is 0.496. The molecule has 1 aromatic carbocycles. The zero-order valence-corrected chi connectivity index (χ0v) is 18.2. The van der Waals surface area contributed by atoms with Crippen molar-refractivity contribution < 1.29 is 18.7 Å². The van der Waals surface area contributed by atoms with Crippen molar-refractivity contribution in [2.75, 3.05) is 50.5 Å². The molecule has 2 aliphatic rings. The molecule has 1 aliphatic heterocycles. The lowest BCUT2D eigenvalue weighted by molar-refractivity contribution is -0.135. The largest absolute Gasteiger partial charge is 0.484 e. The highest BCUT2D eigenvalue weighted by molar-refractivity contribution is 6.13. The molecular formula is C22H27FN6O3. The SMILES string of the molecule is COCC(=O)N1CCN(c2cc(C(=N)c3cc(OC4(C)CC4)c(F)cc3N)ncn2)CC1. The van der Waals surface area contributed by atoms with Crippen molar-refractivity contribution in [1.82, 2.24) is 14.9 Å². The van der Waals surface area contributed by atoms with Crippen molar-refractivity contribution in [2.24, 2.45) is 0 Å². The second-order valence-corrected chi connectivity index (χ2v) is 8.36. The Morgan fingerprint density at radius 3 is 2.59 bits per heavy atom. The number of carbonyl (C=O) groups is 1. The minimum atomic E-state index is -0.545. The highest BCUT2D eigenvalue weighted by atomic mass is 19.1. The third-order valence-electron chi connectivity index (χ3n) is 5.82. The summed E-state index contributed by atoms with van der Waals surface area (Å²) >= 11 is 0. The number of aromatic nitrogens is 2. The van der Waals surface area contributed by atoms with Crippen LogP contribution in [0.4, 0.5) is 15.9 Å². The summed E-state index contributed by atoms with van der Waals surface area (Å²) in [5, 5.41) is 8.64. The van der Waals surface area contributed by atoms with E-state index in [9.17, 15) is 9.18 Å². The van der Waals surface area contributed by atoms with Gasteiger partial charge in [0.1, 0.15) is 24.4 Å². The first-order valence-corrected chi connectivity index (χ1v) is 10.5. The lowest BCUT2D eigenvalue weighted by Crippen LogP contribution is -2.50. The van der Waals surface area contributed by atoms with Crippen LogP contribution in [0.3, 0.4) is 0 Å². The Balaban J connectivity index is 1.51. The summed E-state index contributed by atoms with van der Waals surface area (Å²) in [5.41, 5.74) is 6.59. The summed E-state index contributed by atoms with van der Waals surface area (Å²) in [6.45, 7) is 4.32. The van der Waals surface area contributed by atoms with Gasteiger partial charge in [0.05, 0.1) is 11.4 Å². The number of carbonyl (C=O) groups excluding carboxylic acids is 1. The highest BCUT2D eigenvalue weighted by Crippen LogP contribution is 2.41. The minimum Gasteiger partial charge on any atom is -0.484 e. The van der Waals surface area contributed by atoms with Gasteiger partial charge in [-0.3, -0.25) is 10.2 Å². The number of amides is 1. The predicted octanol–water partition coefficient (Wildman–Crippen LogP) is 1.84. The van der Waals surface area contributed by atoms with Crippen molar-refractivity contribution in [3.8, 4) is 5.75 Å². The molecule has 2 fully saturated rings. The third kappa shape index (κ3) is 4.64. The molecule has 170 valence electrons. The third-order valence-corrected chi connectivity index (χ3v) is 5.82. The number of hydrogen-bond acceptors (Lipinski definition) is 8. The first kappa shape index (κ1) is 21.9. The topological polar surface area (TPSA) is 118 Å². The molecule has 4 rings (SSSR count). The van der Waals surface area contributed by atoms with Gasteiger partial charge in [0.2, 0.25) is 5.91 Å². The van der Waals surface area contributed by atoms with E-state index in [1.54, 1.807) is 11.0 Å². The predicted molar refractivity (Wildman–Crippen MR) is 118 cm³/mol. The molecule has 0 spiro atoms. The smallest absolute Gasteiger partial charge is 0.248 e. The van der Waals surface area contributed by atoms with Crippen molar-refractivity contribution in [3.05, 3.63) is 41.6 Å². The van der Waals surface area contributed by atoms with Crippen LogP contribution in [0.5, 0.6) is 5.75 Å². The number of ether oxygens (including phenoxy) is 2. The van der Waals surface area contributed by atoms with Crippen LogP contribution >= 0.6 is 0 Å². The van der Waals surface area contributed by atoms with Crippen LogP contribution in [0.2, 0.25) is 0 Å². The fraction of sp³-hybridized carbons (Fsp3) is 0.455. The molecule has 3 N–H and O–H groups in total. The number of hydrogen-bond donors (Lipinski definition) is 2. The first-order valence-electron chi connectivity index (χ1n) is 10.5. The summed E-state index contributed by atoms with van der Waals surface area (Å²) in [7, 11) is 1.50. The average Bonchev–Trinajstić information content (AvgIpc) is 3.52. The zero-order valence-electron chi connectivity index (χ0n) is 18.2. The lowest BCUT2D eigenvalue weighted by Gasteiger charge is -2.35. The molecule has 1 amide bonds. The van der Waals surface area contributed by atoms with Gasteiger partial charge in [0, 0.05) is 56.7 Å². The molecule has 0 unspecified atom stereocenters. The summed E-state index contributed by atoms with van der Waals surface area (Å²) in [6.07, 6.45) is 3.12. The van der Waals surface area contributed by atoms with Gasteiger partial charge < -0.3 is 25.0 Å². The number of anilines is 2. The summed E-state index contributed by atoms with van der Waals surface area (Å²) in [6, 6.07) is 4.36. The van der Waals surface area contributed by atoms with Gasteiger partial charge in [-0.15, -0.1) is 0 Å². The maximum Gasteiger partial charge on any atom is 0.248 e. The molecule has 0 radical (unpaired) electrons. The van der Waals surface area contributed by atoms with E-state index in [-0.39, 0.29) is 35.3 Å². The van der Waals surface area contributed by atoms with Crippen molar-refractivity contribution in [3.63, 3.8) is 0 Å². The maximum atomic E-state index is 14.4. The van der Waals surface area contributed by atoms with E-state index < -0.39 is 5.82 Å². The lowest BCUT2D eigenvalue weighted by atomic mass is 10.0. The van der Waals surface area contributed by atoms with Gasteiger partial charge in [-0.2, -0.15) is 0 Å². The Hall–Kier alpha value is -3.27. The first-order chi connectivity index (χ1) is 15.3. The Morgan fingerprint density at radius 2 is 1.94 bits per heavy atom. The average molecular weight is 442 g/mol. The number of nitrogen functional groups attached to an aromatic ring is 1. The number of nitrogens with zero attached hydrogens (tertiary/aromatic N) is 4. The Labute approximate surface area is 185 Å². The van der Waals surface area contributed by atoms with Crippen molar-refractivity contribution >= 4 is 23.1 Å². The van der Waals surface area contributed by atoms with E-state index >= 15 is 0 Å². The van der Waals surface area contributed by atoms with E-state index in [0.29, 0.717) is 43.3 Å². The standard InChI is InChI=1S/C22H27FN6O3/c1-22(3-4-22)32-18-9-14(16(24)10-15(18)23)21(25)17-11-19(27-13-26-17)28-5-7-29(8-6-28)20(30)12-31-2/h9-11,13,25H,3-8,12,24H2,1-2H3. The van der Waals surface area contributed by atoms with E-state index in [1.165, 1.54) is 25.6 Å². The Morgan fingerprint density at radius 1 is 1.22 bits per heavy atom. The minimum absolute atomic E-state index is 0.0397. The van der Waals surface area contributed by atoms with Crippen LogP contribution in [-0.4, -0.2) is 72.0 Å². The number of nitrogens with one attached hydrogen (secondary N) is 1. The summed E-state index contributed by atoms with van der Waals surface area (Å²) < 4.78 is 25.1. The Bertz CT molecular complexity index is 1030. The van der Waals surface area contributed by atoms with Gasteiger partial charge in [-0.05, 0) is 25.8 Å². The number of piperazine rings is 1. The molecule has 10 heteroatoms. The van der Waals surface area contributed by atoms with Gasteiger partial charge in [0.15, 0.2) is 11.6 Å². The van der Waals surface area contributed by atoms with E-state index in [2.05, 4.69) is 9.97 Å². The van der Waals surface area contributed by atoms with Crippen molar-refractivity contribution in [1.29, 1.82) is 5.41 Å². The second kappa shape index (κ2) is 8.70. The molecule has 0 atom stereocenters. The molecule has 1 saturated carbocycles. The molecule has 1 aliphatic carbocycles. The van der Waals surface area contributed by atoms with E-state index in [4.69, 9.17) is 20.6 Å². The molecule has 9 nitrogen and oxygen atoms in total. The van der Waals surface area contributed by atoms with Gasteiger partial charge in [-0.1, -0.05) is 0 Å². The second-order valence-electron chi connectivity index (χ2n) is 8.36. The molecule has 1 saturated heterocycles. The number of methoxy groups -OCH3 is 1. The fourth-order valence-electron chi connectivity index (χ4n) is 3.60. The van der Waals surface area contributed by atoms with Crippen LogP contribution in [0.25, 0.3) is 0 Å². The zero-order chi connectivity index (χ0) is 22.9. The van der Waals surface area contributed by atoms with Crippen molar-refractivity contribution in [2.45, 2.75) is 25.4 Å². The monoisotopic (exact) mass is 442 g/mol. The highest BCUT2D eigenvalue weighted by Gasteiger charge is 2.40. The molecule has 2 aromatic rings. The van der Waals surface area contributed by atoms with Gasteiger partial charge in [-0.25, -0.2) is 14.4 Å². The molecule has 2 heterocycles. The Kier molecular flexibility index (Phi) is 5.96. The molecular weight excluding hydrogens is 415 g/mol. The van der Waals surface area contributed by atoms with Crippen LogP contribution in [0.1, 0.15) is 31.0 Å². The molecule has 32 heavy (non-hydrogen) atoms. The van der Waals surface area contributed by atoms with Crippen LogP contribution < -0.4 is 15.4 Å². The number of halogens is 1. The van der Waals surface area contributed by atoms with Crippen LogP contribution in [-0.2, 0) is 9.53 Å². The molecule has 1 aromatic heterocycles. The number of rotatable bonds is 7. The molecule has 0 bridgehead atoms. The van der Waals surface area contributed by atoms with Gasteiger partial charge >= 0.3 is 0 Å². The summed E-state index contributed by atoms with van der Waals surface area (Å²) in [4.78, 5) is 24.3. The number of nitrogens with two attached hydrogens (primary N) is 1. The number of benzene rings is 1. The fourth-order valence-corrected chi connectivity index (χ4v) is 3.60. The van der Waals surface area contributed by atoms with Gasteiger partial charge in [0.25, 0.3) is 0 Å². The maximum absolute atomic E-state index is 14.4. The van der Waals surface area contributed by atoms with Crippen LogP contribution in [0, 0.1) is 11.2 Å². The van der Waals surface area contributed by atoms with E-state index in [1.807, 2.05) is 11.8 Å².